The first kappa shape index (κ1) is 19.3. The Labute approximate surface area is 177 Å². The maximum atomic E-state index is 12.9. The first-order chi connectivity index (χ1) is 14.1. The number of carbonyl (C=O) groups excluding carboxylic acids is 2. The highest BCUT2D eigenvalue weighted by Crippen LogP contribution is 2.20. The third-order valence-electron chi connectivity index (χ3n) is 4.78. The Balaban J connectivity index is 1.39. The summed E-state index contributed by atoms with van der Waals surface area (Å²) in [5.41, 5.74) is 2.15. The molecule has 0 spiro atoms. The lowest BCUT2D eigenvalue weighted by molar-refractivity contribution is 0.0791. The van der Waals surface area contributed by atoms with Gasteiger partial charge in [-0.2, -0.15) is 0 Å². The molecule has 1 atom stereocenters. The average molecular weight is 454 g/mol. The summed E-state index contributed by atoms with van der Waals surface area (Å²) in [7, 11) is 0. The maximum absolute atomic E-state index is 12.9. The number of furan rings is 1. The van der Waals surface area contributed by atoms with Crippen molar-refractivity contribution in [3.8, 4) is 0 Å². The SMILES string of the molecule is O=C(Nc1cccc(C(=O)N2CCC(Nc3ccccc3)C2)c1)c1ccc(Br)o1. The molecule has 3 aromatic rings. The van der Waals surface area contributed by atoms with Gasteiger partial charge in [-0.3, -0.25) is 9.59 Å². The molecule has 1 aromatic heterocycles. The van der Waals surface area contributed by atoms with Crippen LogP contribution in [0.3, 0.4) is 0 Å². The van der Waals surface area contributed by atoms with Crippen molar-refractivity contribution < 1.29 is 14.0 Å². The van der Waals surface area contributed by atoms with Crippen LogP contribution >= 0.6 is 15.9 Å². The third-order valence-corrected chi connectivity index (χ3v) is 5.21. The molecule has 6 nitrogen and oxygen atoms in total. The van der Waals surface area contributed by atoms with Crippen LogP contribution in [0.1, 0.15) is 27.3 Å². The van der Waals surface area contributed by atoms with Crippen LogP contribution in [0.4, 0.5) is 11.4 Å². The van der Waals surface area contributed by atoms with E-state index in [1.165, 1.54) is 0 Å². The number of likely N-dealkylation sites (tertiary alicyclic amines) is 1. The van der Waals surface area contributed by atoms with Gasteiger partial charge in [-0.1, -0.05) is 24.3 Å². The van der Waals surface area contributed by atoms with Gasteiger partial charge >= 0.3 is 0 Å². The Morgan fingerprint density at radius 1 is 1.00 bits per heavy atom. The van der Waals surface area contributed by atoms with Crippen LogP contribution in [-0.4, -0.2) is 35.8 Å². The molecule has 1 unspecified atom stereocenters. The first-order valence-electron chi connectivity index (χ1n) is 9.36. The highest BCUT2D eigenvalue weighted by atomic mass is 79.9. The molecule has 1 fully saturated rings. The van der Waals surface area contributed by atoms with Gasteiger partial charge in [-0.05, 0) is 64.8 Å². The second kappa shape index (κ2) is 8.53. The summed E-state index contributed by atoms with van der Waals surface area (Å²) < 4.78 is 5.75. The average Bonchev–Trinajstić information content (AvgIpc) is 3.38. The Morgan fingerprint density at radius 3 is 2.55 bits per heavy atom. The second-order valence-corrected chi connectivity index (χ2v) is 7.67. The summed E-state index contributed by atoms with van der Waals surface area (Å²) in [5.74, 6) is -0.212. The third kappa shape index (κ3) is 4.68. The Morgan fingerprint density at radius 2 is 1.79 bits per heavy atom. The van der Waals surface area contributed by atoms with Crippen molar-refractivity contribution in [2.75, 3.05) is 23.7 Å². The van der Waals surface area contributed by atoms with Gasteiger partial charge in [0.25, 0.3) is 11.8 Å². The molecule has 7 heteroatoms. The molecule has 0 radical (unpaired) electrons. The van der Waals surface area contributed by atoms with E-state index in [1.54, 1.807) is 36.4 Å². The Hall–Kier alpha value is -3.06. The van der Waals surface area contributed by atoms with E-state index >= 15 is 0 Å². The number of hydrogen-bond acceptors (Lipinski definition) is 4. The second-order valence-electron chi connectivity index (χ2n) is 6.89. The Kier molecular flexibility index (Phi) is 5.67. The van der Waals surface area contributed by atoms with E-state index in [-0.39, 0.29) is 23.6 Å². The zero-order valence-electron chi connectivity index (χ0n) is 15.6. The van der Waals surface area contributed by atoms with Crippen LogP contribution < -0.4 is 10.6 Å². The van der Waals surface area contributed by atoms with Gasteiger partial charge in [0, 0.05) is 36.1 Å². The largest absolute Gasteiger partial charge is 0.444 e. The lowest BCUT2D eigenvalue weighted by atomic mass is 10.1. The molecular formula is C22H20BrN3O3. The summed E-state index contributed by atoms with van der Waals surface area (Å²) in [6.45, 7) is 1.34. The van der Waals surface area contributed by atoms with E-state index in [9.17, 15) is 9.59 Å². The predicted octanol–water partition coefficient (Wildman–Crippen LogP) is 4.62. The van der Waals surface area contributed by atoms with Gasteiger partial charge in [0.15, 0.2) is 10.4 Å². The van der Waals surface area contributed by atoms with Crippen molar-refractivity contribution in [3.63, 3.8) is 0 Å². The summed E-state index contributed by atoms with van der Waals surface area (Å²) >= 11 is 3.18. The number of nitrogens with one attached hydrogen (secondary N) is 2. The fourth-order valence-electron chi connectivity index (χ4n) is 3.37. The zero-order chi connectivity index (χ0) is 20.2. The normalized spacial score (nSPS) is 15.9. The van der Waals surface area contributed by atoms with Gasteiger partial charge < -0.3 is 20.0 Å². The van der Waals surface area contributed by atoms with Gasteiger partial charge in [0.1, 0.15) is 0 Å². The van der Waals surface area contributed by atoms with Crippen molar-refractivity contribution in [1.82, 2.24) is 4.90 Å². The number of rotatable bonds is 5. The van der Waals surface area contributed by atoms with Gasteiger partial charge in [0.2, 0.25) is 0 Å². The van der Waals surface area contributed by atoms with Crippen LogP contribution in [-0.2, 0) is 0 Å². The number of halogens is 1. The standard InChI is InChI=1S/C22H20BrN3O3/c23-20-10-9-19(29-20)21(27)25-17-8-4-5-15(13-17)22(28)26-12-11-18(14-26)24-16-6-2-1-3-7-16/h1-10,13,18,24H,11-12,14H2,(H,25,27). The van der Waals surface area contributed by atoms with Crippen molar-refractivity contribution in [2.45, 2.75) is 12.5 Å². The molecule has 2 amide bonds. The summed E-state index contributed by atoms with van der Waals surface area (Å²) in [6.07, 6.45) is 0.893. The molecule has 2 heterocycles. The number of benzene rings is 2. The van der Waals surface area contributed by atoms with Crippen LogP contribution in [0.25, 0.3) is 0 Å². The minimum absolute atomic E-state index is 0.0424. The van der Waals surface area contributed by atoms with Gasteiger partial charge in [-0.15, -0.1) is 0 Å². The van der Waals surface area contributed by atoms with Crippen LogP contribution in [0.2, 0.25) is 0 Å². The number of hydrogen-bond donors (Lipinski definition) is 2. The van der Waals surface area contributed by atoms with Crippen LogP contribution in [0.15, 0.2) is 75.8 Å². The molecule has 1 aliphatic heterocycles. The van der Waals surface area contributed by atoms with E-state index < -0.39 is 0 Å². The molecule has 4 rings (SSSR count). The molecule has 0 aliphatic carbocycles. The van der Waals surface area contributed by atoms with Crippen LogP contribution in [0, 0.1) is 0 Å². The molecule has 1 saturated heterocycles. The summed E-state index contributed by atoms with van der Waals surface area (Å²) in [6, 6.07) is 20.4. The lowest BCUT2D eigenvalue weighted by Crippen LogP contribution is -2.31. The number of nitrogens with zero attached hydrogens (tertiary/aromatic N) is 1. The number of carbonyl (C=O) groups is 2. The molecule has 0 saturated carbocycles. The number of anilines is 2. The van der Waals surface area contributed by atoms with Crippen LogP contribution in [0.5, 0.6) is 0 Å². The van der Waals surface area contributed by atoms with Crippen molar-refractivity contribution in [2.24, 2.45) is 0 Å². The maximum Gasteiger partial charge on any atom is 0.291 e. The number of amides is 2. The topological polar surface area (TPSA) is 74.6 Å². The van der Waals surface area contributed by atoms with E-state index in [0.717, 1.165) is 12.1 Å². The van der Waals surface area contributed by atoms with E-state index in [0.29, 0.717) is 29.0 Å². The van der Waals surface area contributed by atoms with Crippen molar-refractivity contribution >= 4 is 39.1 Å². The number of para-hydroxylation sites is 1. The summed E-state index contributed by atoms with van der Waals surface area (Å²) in [4.78, 5) is 27.0. The monoisotopic (exact) mass is 453 g/mol. The molecule has 29 heavy (non-hydrogen) atoms. The molecule has 0 bridgehead atoms. The minimum atomic E-state index is -0.367. The van der Waals surface area contributed by atoms with Gasteiger partial charge in [0.05, 0.1) is 0 Å². The molecular weight excluding hydrogens is 434 g/mol. The zero-order valence-corrected chi connectivity index (χ0v) is 17.2. The van der Waals surface area contributed by atoms with Gasteiger partial charge in [-0.25, -0.2) is 0 Å². The summed E-state index contributed by atoms with van der Waals surface area (Å²) in [5, 5.41) is 6.23. The fraction of sp³-hybridized carbons (Fsp3) is 0.182. The molecule has 148 valence electrons. The highest BCUT2D eigenvalue weighted by molar-refractivity contribution is 9.10. The molecule has 2 aromatic carbocycles. The highest BCUT2D eigenvalue weighted by Gasteiger charge is 2.27. The van der Waals surface area contributed by atoms with E-state index in [4.69, 9.17) is 4.42 Å². The van der Waals surface area contributed by atoms with Crippen molar-refractivity contribution in [1.29, 1.82) is 0 Å². The molecule has 2 N–H and O–H groups in total. The van der Waals surface area contributed by atoms with E-state index in [1.807, 2.05) is 35.2 Å². The predicted molar refractivity (Wildman–Crippen MR) is 115 cm³/mol. The molecule has 1 aliphatic rings. The Bertz CT molecular complexity index is 1020. The minimum Gasteiger partial charge on any atom is -0.444 e. The van der Waals surface area contributed by atoms with E-state index in [2.05, 4.69) is 26.6 Å². The first-order valence-corrected chi connectivity index (χ1v) is 10.2. The lowest BCUT2D eigenvalue weighted by Gasteiger charge is -2.18. The fourth-order valence-corrected chi connectivity index (χ4v) is 3.68. The quantitative estimate of drug-likeness (QED) is 0.590. The smallest absolute Gasteiger partial charge is 0.291 e. The van der Waals surface area contributed by atoms with Crippen molar-refractivity contribution in [3.05, 3.63) is 82.7 Å².